The number of anilines is 1. The highest BCUT2D eigenvalue weighted by Gasteiger charge is 2.41. The van der Waals surface area contributed by atoms with Gasteiger partial charge in [0.1, 0.15) is 29.5 Å². The third kappa shape index (κ3) is 6.71. The van der Waals surface area contributed by atoms with Gasteiger partial charge in [-0.3, -0.25) is 4.79 Å². The van der Waals surface area contributed by atoms with Gasteiger partial charge in [0.2, 0.25) is 15.9 Å². The van der Waals surface area contributed by atoms with E-state index in [9.17, 15) is 26.4 Å². The number of amides is 1. The third-order valence-corrected chi connectivity index (χ3v) is 8.67. The van der Waals surface area contributed by atoms with Crippen LogP contribution >= 0.6 is 15.9 Å². The van der Waals surface area contributed by atoms with E-state index in [4.69, 9.17) is 0 Å². The molecule has 214 valence electrons. The van der Waals surface area contributed by atoms with Crippen LogP contribution in [-0.2, 0) is 21.4 Å². The molecule has 16 heteroatoms. The number of benzene rings is 2. The number of hydrogen-bond donors (Lipinski definition) is 1. The average Bonchev–Trinajstić information content (AvgIpc) is 2.95. The van der Waals surface area contributed by atoms with Gasteiger partial charge in [0, 0.05) is 30.7 Å². The third-order valence-electron chi connectivity index (χ3n) is 6.21. The van der Waals surface area contributed by atoms with Crippen molar-refractivity contribution in [1.82, 2.24) is 29.6 Å². The van der Waals surface area contributed by atoms with E-state index >= 15 is 0 Å². The maximum atomic E-state index is 13.6. The largest absolute Gasteiger partial charge is 0.573 e. The molecule has 11 nitrogen and oxygen atoms in total. The van der Waals surface area contributed by atoms with Crippen molar-refractivity contribution in [3.63, 3.8) is 0 Å². The number of nitrogens with zero attached hydrogens (tertiary/aromatic N) is 6. The summed E-state index contributed by atoms with van der Waals surface area (Å²) in [5, 5.41) is 2.79. The summed E-state index contributed by atoms with van der Waals surface area (Å²) in [6.07, 6.45) is -0.597. The number of aromatic nitrogens is 4. The molecule has 0 bridgehead atoms. The number of halogens is 4. The highest BCUT2D eigenvalue weighted by atomic mass is 79.9. The van der Waals surface area contributed by atoms with Crippen LogP contribution in [0.2, 0.25) is 0 Å². The van der Waals surface area contributed by atoms with Crippen LogP contribution in [0.4, 0.5) is 19.0 Å². The highest BCUT2D eigenvalue weighted by molar-refractivity contribution is 9.10. The molecule has 2 aromatic carbocycles. The van der Waals surface area contributed by atoms with E-state index in [0.717, 1.165) is 38.6 Å². The lowest BCUT2D eigenvalue weighted by atomic mass is 10.1. The second-order valence-corrected chi connectivity index (χ2v) is 11.7. The Kier molecular flexibility index (Phi) is 8.06. The van der Waals surface area contributed by atoms with E-state index in [-0.39, 0.29) is 31.1 Å². The lowest BCUT2D eigenvalue weighted by Gasteiger charge is -2.40. The first-order chi connectivity index (χ1) is 19.5. The fraction of sp³-hybridized carbons (Fsp3) is 0.240. The van der Waals surface area contributed by atoms with Gasteiger partial charge in [0.05, 0.1) is 17.3 Å². The molecule has 1 saturated heterocycles. The molecule has 1 N–H and O–H groups in total. The minimum Gasteiger partial charge on any atom is -0.406 e. The Morgan fingerprint density at radius 2 is 1.78 bits per heavy atom. The van der Waals surface area contributed by atoms with Crippen LogP contribution in [0, 0.1) is 0 Å². The molecule has 3 heterocycles. The molecule has 5 rings (SSSR count). The summed E-state index contributed by atoms with van der Waals surface area (Å²) < 4.78 is 70.7. The Morgan fingerprint density at radius 3 is 2.49 bits per heavy atom. The van der Waals surface area contributed by atoms with Gasteiger partial charge in [-0.1, -0.05) is 28.1 Å². The van der Waals surface area contributed by atoms with Crippen LogP contribution in [-0.4, -0.2) is 70.6 Å². The summed E-state index contributed by atoms with van der Waals surface area (Å²) >= 11 is 3.35. The number of hydrogen-bond acceptors (Lipinski definition) is 9. The molecule has 41 heavy (non-hydrogen) atoms. The summed E-state index contributed by atoms with van der Waals surface area (Å²) in [5.74, 6) is -0.731. The molecule has 2 aromatic heterocycles. The van der Waals surface area contributed by atoms with Gasteiger partial charge >= 0.3 is 6.36 Å². The van der Waals surface area contributed by atoms with Crippen molar-refractivity contribution in [2.75, 3.05) is 24.5 Å². The predicted molar refractivity (Wildman–Crippen MR) is 144 cm³/mol. The SMILES string of the molecule is O=C(NCc1ccc(Br)cc1)[C@H]1CN(c2cnc3cncnc3n2)CCN1S(=O)(=O)c1ccc(OC(F)(F)F)cc1. The number of ether oxygens (including phenoxy) is 1. The Hall–Kier alpha value is -3.89. The molecule has 1 fully saturated rings. The van der Waals surface area contributed by atoms with E-state index in [1.54, 1.807) is 4.90 Å². The molecule has 1 aliphatic heterocycles. The fourth-order valence-electron chi connectivity index (χ4n) is 4.24. The van der Waals surface area contributed by atoms with Crippen LogP contribution in [0.15, 0.2) is 76.6 Å². The first-order valence-electron chi connectivity index (χ1n) is 12.1. The Bertz CT molecular complexity index is 1660. The van der Waals surface area contributed by atoms with E-state index in [1.807, 2.05) is 24.3 Å². The number of alkyl halides is 3. The Balaban J connectivity index is 1.41. The molecular formula is C25H21BrF3N7O4S. The number of carbonyl (C=O) groups is 1. The van der Waals surface area contributed by atoms with E-state index in [1.165, 1.54) is 18.7 Å². The number of nitrogens with one attached hydrogen (secondary N) is 1. The van der Waals surface area contributed by atoms with Crippen molar-refractivity contribution in [1.29, 1.82) is 0 Å². The summed E-state index contributed by atoms with van der Waals surface area (Å²) in [6.45, 7) is 0.137. The molecule has 4 aromatic rings. The second-order valence-electron chi connectivity index (χ2n) is 8.90. The molecule has 0 saturated carbocycles. The maximum absolute atomic E-state index is 13.6. The standard InChI is InChI=1S/C25H21BrF3N7O4S/c26-17-3-1-16(2-4-17)11-32-24(37)21-14-35(22-13-31-20-12-30-15-33-23(20)34-22)9-10-36(21)41(38,39)19-7-5-18(6-8-19)40-25(27,28)29/h1-8,12-13,15,21H,9-11,14H2,(H,32,37)/t21-/m1/s1. The zero-order chi connectivity index (χ0) is 29.2. The summed E-state index contributed by atoms with van der Waals surface area (Å²) in [4.78, 5) is 31.7. The molecule has 1 aliphatic rings. The lowest BCUT2D eigenvalue weighted by molar-refractivity contribution is -0.274. The predicted octanol–water partition coefficient (Wildman–Crippen LogP) is 3.28. The topological polar surface area (TPSA) is 131 Å². The summed E-state index contributed by atoms with van der Waals surface area (Å²) in [6, 6.07) is 9.88. The number of fused-ring (bicyclic) bond motifs is 1. The van der Waals surface area contributed by atoms with Crippen molar-refractivity contribution in [3.8, 4) is 5.75 Å². The zero-order valence-corrected chi connectivity index (χ0v) is 23.4. The zero-order valence-electron chi connectivity index (χ0n) is 21.0. The normalized spacial score (nSPS) is 16.5. The van der Waals surface area contributed by atoms with Crippen molar-refractivity contribution in [3.05, 3.63) is 77.3 Å². The van der Waals surface area contributed by atoms with Gasteiger partial charge in [-0.05, 0) is 42.0 Å². The smallest absolute Gasteiger partial charge is 0.406 e. The van der Waals surface area contributed by atoms with Crippen LogP contribution in [0.25, 0.3) is 11.2 Å². The van der Waals surface area contributed by atoms with Gasteiger partial charge < -0.3 is 15.0 Å². The van der Waals surface area contributed by atoms with E-state index in [2.05, 4.69) is 45.9 Å². The average molecular weight is 652 g/mol. The second kappa shape index (κ2) is 11.5. The minimum absolute atomic E-state index is 0.0636. The van der Waals surface area contributed by atoms with Gasteiger partial charge in [0.25, 0.3) is 0 Å². The number of sulfonamides is 1. The van der Waals surface area contributed by atoms with Crippen molar-refractivity contribution in [2.45, 2.75) is 23.8 Å². The molecular weight excluding hydrogens is 631 g/mol. The molecule has 0 unspecified atom stereocenters. The maximum Gasteiger partial charge on any atom is 0.573 e. The van der Waals surface area contributed by atoms with Crippen LogP contribution in [0.5, 0.6) is 5.75 Å². The quantitative estimate of drug-likeness (QED) is 0.320. The van der Waals surface area contributed by atoms with Crippen molar-refractivity contribution < 1.29 is 31.1 Å². The van der Waals surface area contributed by atoms with E-state index in [0.29, 0.717) is 17.0 Å². The van der Waals surface area contributed by atoms with Gasteiger partial charge in [-0.15, -0.1) is 13.2 Å². The molecule has 0 radical (unpaired) electrons. The monoisotopic (exact) mass is 651 g/mol. The number of piperazine rings is 1. The lowest BCUT2D eigenvalue weighted by Crippen LogP contribution is -2.60. The molecule has 1 amide bonds. The minimum atomic E-state index is -4.92. The van der Waals surface area contributed by atoms with Gasteiger partial charge in [-0.2, -0.15) is 4.31 Å². The molecule has 0 spiro atoms. The Morgan fingerprint density at radius 1 is 1.05 bits per heavy atom. The first kappa shape index (κ1) is 28.6. The van der Waals surface area contributed by atoms with Gasteiger partial charge in [-0.25, -0.2) is 28.4 Å². The van der Waals surface area contributed by atoms with Crippen LogP contribution in [0.1, 0.15) is 5.56 Å². The first-order valence-corrected chi connectivity index (χ1v) is 14.3. The Labute approximate surface area is 240 Å². The molecule has 1 atom stereocenters. The number of rotatable bonds is 7. The van der Waals surface area contributed by atoms with Crippen molar-refractivity contribution in [2.24, 2.45) is 0 Å². The highest BCUT2D eigenvalue weighted by Crippen LogP contribution is 2.28. The van der Waals surface area contributed by atoms with Gasteiger partial charge in [0.15, 0.2) is 5.65 Å². The van der Waals surface area contributed by atoms with Crippen molar-refractivity contribution >= 4 is 48.8 Å². The summed E-state index contributed by atoms with van der Waals surface area (Å²) in [5.41, 5.74) is 1.60. The van der Waals surface area contributed by atoms with E-state index < -0.39 is 34.1 Å². The van der Waals surface area contributed by atoms with Crippen LogP contribution < -0.4 is 15.0 Å². The van der Waals surface area contributed by atoms with Crippen LogP contribution in [0.3, 0.4) is 0 Å². The fourth-order valence-corrected chi connectivity index (χ4v) is 6.08. The number of carbonyl (C=O) groups excluding carboxylic acids is 1. The molecule has 0 aliphatic carbocycles. The summed E-state index contributed by atoms with van der Waals surface area (Å²) in [7, 11) is -4.30.